The third-order valence-electron chi connectivity index (χ3n) is 2.33. The highest BCUT2D eigenvalue weighted by Gasteiger charge is 2.13. The molecule has 0 amide bonds. The minimum absolute atomic E-state index is 0.161. The lowest BCUT2D eigenvalue weighted by molar-refractivity contribution is -0.137. The van der Waals surface area contributed by atoms with Crippen LogP contribution < -0.4 is 4.74 Å². The number of carbonyl (C=O) groups excluding carboxylic acids is 1. The van der Waals surface area contributed by atoms with Gasteiger partial charge in [0.25, 0.3) is 0 Å². The van der Waals surface area contributed by atoms with E-state index in [0.29, 0.717) is 18.1 Å². The first-order chi connectivity index (χ1) is 9.06. The molecular formula is C14H18O5. The molecule has 0 heterocycles. The molecule has 0 saturated carbocycles. The highest BCUT2D eigenvalue weighted by molar-refractivity contribution is 5.82. The van der Waals surface area contributed by atoms with E-state index in [4.69, 9.17) is 14.2 Å². The first kappa shape index (κ1) is 14.9. The first-order valence-corrected chi connectivity index (χ1v) is 5.94. The number of ether oxygens (including phenoxy) is 3. The van der Waals surface area contributed by atoms with Gasteiger partial charge in [-0.2, -0.15) is 0 Å². The molecule has 1 N–H and O–H groups in total. The summed E-state index contributed by atoms with van der Waals surface area (Å²) in [6.07, 6.45) is 0.813. The Morgan fingerprint density at radius 3 is 2.53 bits per heavy atom. The third kappa shape index (κ3) is 4.91. The maximum absolute atomic E-state index is 11.3. The van der Waals surface area contributed by atoms with Crippen LogP contribution in [0.2, 0.25) is 0 Å². The Kier molecular flexibility index (Phi) is 5.73. The van der Waals surface area contributed by atoms with Crippen LogP contribution in [0.4, 0.5) is 0 Å². The van der Waals surface area contributed by atoms with Crippen molar-refractivity contribution in [1.82, 2.24) is 0 Å². The molecule has 1 rings (SSSR count). The van der Waals surface area contributed by atoms with Crippen LogP contribution in [0, 0.1) is 0 Å². The van der Waals surface area contributed by atoms with Crippen LogP contribution in [0.15, 0.2) is 36.1 Å². The largest absolute Gasteiger partial charge is 0.508 e. The molecule has 5 nitrogen and oxygen atoms in total. The molecule has 1 aromatic rings. The zero-order valence-electron chi connectivity index (χ0n) is 11.3. The SMILES string of the molecule is CCOC(=O)/C=C(\OC)C(C)Oc1ccc(O)cc1. The van der Waals surface area contributed by atoms with Crippen LogP contribution in [-0.2, 0) is 14.3 Å². The second-order valence-electron chi connectivity index (χ2n) is 3.76. The Bertz CT molecular complexity index is 436. The molecule has 104 valence electrons. The van der Waals surface area contributed by atoms with Crippen molar-refractivity contribution in [2.75, 3.05) is 13.7 Å². The summed E-state index contributed by atoms with van der Waals surface area (Å²) < 4.78 is 15.5. The second kappa shape index (κ2) is 7.31. The van der Waals surface area contributed by atoms with Crippen molar-refractivity contribution in [3.8, 4) is 11.5 Å². The Hall–Kier alpha value is -2.17. The van der Waals surface area contributed by atoms with Crippen LogP contribution >= 0.6 is 0 Å². The summed E-state index contributed by atoms with van der Waals surface area (Å²) >= 11 is 0. The fourth-order valence-electron chi connectivity index (χ4n) is 1.43. The summed E-state index contributed by atoms with van der Waals surface area (Å²) in [5.74, 6) is 0.623. The molecule has 0 fully saturated rings. The number of benzene rings is 1. The van der Waals surface area contributed by atoms with Crippen LogP contribution in [0.5, 0.6) is 11.5 Å². The van der Waals surface area contributed by atoms with Gasteiger partial charge in [-0.1, -0.05) is 0 Å². The van der Waals surface area contributed by atoms with Crippen molar-refractivity contribution in [3.05, 3.63) is 36.1 Å². The van der Waals surface area contributed by atoms with Crippen molar-refractivity contribution in [2.24, 2.45) is 0 Å². The number of hydrogen-bond donors (Lipinski definition) is 1. The molecule has 0 saturated heterocycles. The van der Waals surface area contributed by atoms with Crippen molar-refractivity contribution in [3.63, 3.8) is 0 Å². The molecule has 0 aliphatic rings. The van der Waals surface area contributed by atoms with Gasteiger partial charge in [0.15, 0.2) is 6.10 Å². The van der Waals surface area contributed by atoms with Crippen LogP contribution in [0.1, 0.15) is 13.8 Å². The van der Waals surface area contributed by atoms with E-state index < -0.39 is 12.1 Å². The summed E-state index contributed by atoms with van der Waals surface area (Å²) in [5, 5.41) is 9.17. The molecule has 0 aromatic heterocycles. The third-order valence-corrected chi connectivity index (χ3v) is 2.33. The van der Waals surface area contributed by atoms with E-state index in [2.05, 4.69) is 0 Å². The minimum Gasteiger partial charge on any atom is -0.508 e. The van der Waals surface area contributed by atoms with Gasteiger partial charge in [-0.15, -0.1) is 0 Å². The van der Waals surface area contributed by atoms with Gasteiger partial charge >= 0.3 is 5.97 Å². The molecule has 1 aromatic carbocycles. The van der Waals surface area contributed by atoms with Crippen LogP contribution in [0.25, 0.3) is 0 Å². The first-order valence-electron chi connectivity index (χ1n) is 5.94. The summed E-state index contributed by atoms with van der Waals surface area (Å²) in [6.45, 7) is 3.79. The van der Waals surface area contributed by atoms with Gasteiger partial charge in [-0.25, -0.2) is 4.79 Å². The van der Waals surface area contributed by atoms with Crippen molar-refractivity contribution < 1.29 is 24.1 Å². The Morgan fingerprint density at radius 2 is 2.00 bits per heavy atom. The van der Waals surface area contributed by atoms with E-state index in [-0.39, 0.29) is 5.75 Å². The molecule has 0 bridgehead atoms. The number of carbonyl (C=O) groups is 1. The van der Waals surface area contributed by atoms with Crippen molar-refractivity contribution >= 4 is 5.97 Å². The van der Waals surface area contributed by atoms with Crippen LogP contribution in [-0.4, -0.2) is 30.9 Å². The molecule has 19 heavy (non-hydrogen) atoms. The summed E-state index contributed by atoms with van der Waals surface area (Å²) in [6, 6.07) is 6.29. The molecular weight excluding hydrogens is 248 g/mol. The van der Waals surface area contributed by atoms with E-state index in [1.54, 1.807) is 26.0 Å². The van der Waals surface area contributed by atoms with Gasteiger partial charge in [0.2, 0.25) is 0 Å². The van der Waals surface area contributed by atoms with Gasteiger partial charge < -0.3 is 19.3 Å². The zero-order valence-corrected chi connectivity index (χ0v) is 11.3. The Morgan fingerprint density at radius 1 is 1.37 bits per heavy atom. The number of aromatic hydroxyl groups is 1. The molecule has 1 unspecified atom stereocenters. The predicted molar refractivity (Wildman–Crippen MR) is 69.9 cm³/mol. The Balaban J connectivity index is 2.70. The number of rotatable bonds is 6. The van der Waals surface area contributed by atoms with E-state index in [1.165, 1.54) is 25.3 Å². The predicted octanol–water partition coefficient (Wildman–Crippen LogP) is 2.25. The van der Waals surface area contributed by atoms with Crippen molar-refractivity contribution in [2.45, 2.75) is 20.0 Å². The summed E-state index contributed by atoms with van der Waals surface area (Å²) in [7, 11) is 1.46. The molecule has 0 spiro atoms. The maximum atomic E-state index is 11.3. The molecule has 0 aliphatic heterocycles. The lowest BCUT2D eigenvalue weighted by Gasteiger charge is -2.17. The topological polar surface area (TPSA) is 65.0 Å². The molecule has 5 heteroatoms. The second-order valence-corrected chi connectivity index (χ2v) is 3.76. The van der Waals surface area contributed by atoms with Gasteiger partial charge in [0, 0.05) is 0 Å². The minimum atomic E-state index is -0.472. The average Bonchev–Trinajstić information content (AvgIpc) is 2.39. The lowest BCUT2D eigenvalue weighted by atomic mass is 10.3. The maximum Gasteiger partial charge on any atom is 0.334 e. The lowest BCUT2D eigenvalue weighted by Crippen LogP contribution is -2.18. The highest BCUT2D eigenvalue weighted by Crippen LogP contribution is 2.19. The molecule has 0 radical (unpaired) electrons. The standard InChI is InChI=1S/C14H18O5/c1-4-18-14(16)9-13(17-3)10(2)19-12-7-5-11(15)6-8-12/h5-10,15H,4H2,1-3H3/b13-9-. The summed E-state index contributed by atoms with van der Waals surface area (Å²) in [5.41, 5.74) is 0. The number of hydrogen-bond acceptors (Lipinski definition) is 5. The highest BCUT2D eigenvalue weighted by atomic mass is 16.5. The van der Waals surface area contributed by atoms with Gasteiger partial charge in [0.1, 0.15) is 17.3 Å². The van der Waals surface area contributed by atoms with Crippen LogP contribution in [0.3, 0.4) is 0 Å². The molecule has 0 aliphatic carbocycles. The van der Waals surface area contributed by atoms with E-state index in [0.717, 1.165) is 0 Å². The number of phenols is 1. The fourth-order valence-corrected chi connectivity index (χ4v) is 1.43. The smallest absolute Gasteiger partial charge is 0.334 e. The quantitative estimate of drug-likeness (QED) is 0.486. The average molecular weight is 266 g/mol. The Labute approximate surface area is 112 Å². The number of esters is 1. The van der Waals surface area contributed by atoms with Gasteiger partial charge in [0.05, 0.1) is 19.8 Å². The monoisotopic (exact) mass is 266 g/mol. The fraction of sp³-hybridized carbons (Fsp3) is 0.357. The number of phenolic OH excluding ortho intramolecular Hbond substituents is 1. The van der Waals surface area contributed by atoms with E-state index in [1.807, 2.05) is 0 Å². The van der Waals surface area contributed by atoms with Gasteiger partial charge in [-0.3, -0.25) is 0 Å². The number of methoxy groups -OCH3 is 1. The summed E-state index contributed by atoms with van der Waals surface area (Å²) in [4.78, 5) is 11.3. The molecule has 1 atom stereocenters. The van der Waals surface area contributed by atoms with E-state index >= 15 is 0 Å². The van der Waals surface area contributed by atoms with Gasteiger partial charge in [-0.05, 0) is 38.1 Å². The van der Waals surface area contributed by atoms with E-state index in [9.17, 15) is 9.90 Å². The normalized spacial score (nSPS) is 12.7. The van der Waals surface area contributed by atoms with Crippen molar-refractivity contribution in [1.29, 1.82) is 0 Å². The zero-order chi connectivity index (χ0) is 14.3.